The molecule has 2 aromatic rings. The van der Waals surface area contributed by atoms with Crippen LogP contribution in [0.3, 0.4) is 0 Å². The molecule has 0 radical (unpaired) electrons. The molecule has 1 aliphatic rings. The summed E-state index contributed by atoms with van der Waals surface area (Å²) in [6, 6.07) is 11.9. The van der Waals surface area contributed by atoms with Gasteiger partial charge in [0, 0.05) is 16.5 Å². The third-order valence-corrected chi connectivity index (χ3v) is 7.05. The number of hydrogen-bond donors (Lipinski definition) is 2. The van der Waals surface area contributed by atoms with Gasteiger partial charge in [0.25, 0.3) is 0 Å². The molecule has 0 saturated heterocycles. The van der Waals surface area contributed by atoms with Crippen LogP contribution in [0, 0.1) is 25.2 Å². The van der Waals surface area contributed by atoms with Crippen molar-refractivity contribution in [3.8, 4) is 11.1 Å². The van der Waals surface area contributed by atoms with E-state index in [0.717, 1.165) is 47.1 Å². The lowest BCUT2D eigenvalue weighted by Gasteiger charge is -2.40. The zero-order valence-electron chi connectivity index (χ0n) is 21.1. The fourth-order valence-corrected chi connectivity index (χ4v) is 4.78. The summed E-state index contributed by atoms with van der Waals surface area (Å²) in [5, 5.41) is 20.1. The van der Waals surface area contributed by atoms with Crippen molar-refractivity contribution < 1.29 is 15.0 Å². The molecule has 2 N–H and O–H groups in total. The normalized spacial score (nSPS) is 21.2. The summed E-state index contributed by atoms with van der Waals surface area (Å²) in [6.07, 6.45) is 4.11. The Labute approximate surface area is 204 Å². The van der Waals surface area contributed by atoms with Crippen LogP contribution in [0.25, 0.3) is 16.7 Å². The van der Waals surface area contributed by atoms with Crippen molar-refractivity contribution in [3.63, 3.8) is 0 Å². The van der Waals surface area contributed by atoms with Gasteiger partial charge in [0.2, 0.25) is 0 Å². The summed E-state index contributed by atoms with van der Waals surface area (Å²) in [5.41, 5.74) is 5.22. The maximum absolute atomic E-state index is 12.7. The number of ketones is 1. The predicted molar refractivity (Wildman–Crippen MR) is 140 cm³/mol. The van der Waals surface area contributed by atoms with Crippen LogP contribution in [0.2, 0.25) is 5.02 Å². The van der Waals surface area contributed by atoms with E-state index in [-0.39, 0.29) is 23.1 Å². The van der Waals surface area contributed by atoms with Crippen molar-refractivity contribution in [1.29, 1.82) is 0 Å². The quantitative estimate of drug-likeness (QED) is 0.350. The van der Waals surface area contributed by atoms with Crippen molar-refractivity contribution in [2.45, 2.75) is 80.3 Å². The molecular formula is C29H39ClO3. The molecule has 0 spiro atoms. The van der Waals surface area contributed by atoms with E-state index in [2.05, 4.69) is 19.9 Å². The smallest absolute Gasteiger partial charge is 0.163 e. The number of carbonyl (C=O) groups is 1. The van der Waals surface area contributed by atoms with Gasteiger partial charge in [0.05, 0.1) is 5.57 Å². The second kappa shape index (κ2) is 11.4. The van der Waals surface area contributed by atoms with Crippen molar-refractivity contribution in [2.75, 3.05) is 0 Å². The summed E-state index contributed by atoms with van der Waals surface area (Å²) in [5.74, 6) is 0.530. The molecule has 3 nitrogen and oxygen atoms in total. The predicted octanol–water partition coefficient (Wildman–Crippen LogP) is 8.09. The van der Waals surface area contributed by atoms with Crippen LogP contribution in [0.5, 0.6) is 0 Å². The Morgan fingerprint density at radius 2 is 1.67 bits per heavy atom. The molecule has 4 heteroatoms. The molecule has 2 aromatic carbocycles. The molecule has 2 atom stereocenters. The third kappa shape index (κ3) is 6.49. The maximum atomic E-state index is 12.7. The fraction of sp³-hybridized carbons (Fsp3) is 0.483. The van der Waals surface area contributed by atoms with E-state index >= 15 is 0 Å². The Bertz CT molecular complexity index is 1000. The Morgan fingerprint density at radius 1 is 1.09 bits per heavy atom. The summed E-state index contributed by atoms with van der Waals surface area (Å²) < 4.78 is 0. The lowest BCUT2D eigenvalue weighted by atomic mass is 9.65. The van der Waals surface area contributed by atoms with Gasteiger partial charge in [-0.1, -0.05) is 62.6 Å². The molecule has 0 bridgehead atoms. The first-order chi connectivity index (χ1) is 15.4. The second-order valence-corrected chi connectivity index (χ2v) is 10.4. The van der Waals surface area contributed by atoms with Gasteiger partial charge in [-0.3, -0.25) is 4.79 Å². The molecule has 1 saturated carbocycles. The highest BCUT2D eigenvalue weighted by Crippen LogP contribution is 2.48. The minimum absolute atomic E-state index is 0.0803. The Hall–Kier alpha value is -2.10. The molecule has 1 aliphatic carbocycles. The van der Waals surface area contributed by atoms with Crippen molar-refractivity contribution >= 4 is 23.0 Å². The van der Waals surface area contributed by atoms with Gasteiger partial charge in [0.15, 0.2) is 5.78 Å². The van der Waals surface area contributed by atoms with Crippen LogP contribution in [-0.4, -0.2) is 22.1 Å². The number of allylic oxidation sites excluding steroid dienone is 2. The third-order valence-electron chi connectivity index (χ3n) is 6.80. The Balaban J connectivity index is 0.000000890. The number of aliphatic hydroxyl groups excluding tert-OH is 2. The minimum Gasteiger partial charge on any atom is -0.511 e. The molecule has 2 unspecified atom stereocenters. The lowest BCUT2D eigenvalue weighted by molar-refractivity contribution is -0.112. The molecule has 0 heterocycles. The number of aliphatic hydroxyl groups is 2. The number of aryl methyl sites for hydroxylation is 2. The number of carbonyl (C=O) groups excluding carboxylic acids is 1. The van der Waals surface area contributed by atoms with E-state index in [4.69, 9.17) is 16.7 Å². The van der Waals surface area contributed by atoms with Crippen molar-refractivity contribution in [2.24, 2.45) is 11.3 Å². The van der Waals surface area contributed by atoms with E-state index in [1.165, 1.54) is 6.42 Å². The van der Waals surface area contributed by atoms with Crippen molar-refractivity contribution in [3.05, 3.63) is 63.9 Å². The average Bonchev–Trinajstić information content (AvgIpc) is 2.72. The molecular weight excluding hydrogens is 432 g/mol. The topological polar surface area (TPSA) is 57.5 Å². The first-order valence-electron chi connectivity index (χ1n) is 11.9. The van der Waals surface area contributed by atoms with E-state index in [0.29, 0.717) is 16.5 Å². The molecule has 0 amide bonds. The monoisotopic (exact) mass is 470 g/mol. The number of benzene rings is 2. The van der Waals surface area contributed by atoms with E-state index in [9.17, 15) is 9.90 Å². The van der Waals surface area contributed by atoms with Crippen LogP contribution in [-0.2, 0) is 4.79 Å². The minimum atomic E-state index is -0.353. The number of rotatable bonds is 4. The van der Waals surface area contributed by atoms with Gasteiger partial charge in [-0.25, -0.2) is 0 Å². The van der Waals surface area contributed by atoms with Gasteiger partial charge < -0.3 is 10.2 Å². The summed E-state index contributed by atoms with van der Waals surface area (Å²) in [6.45, 7) is 13.4. The summed E-state index contributed by atoms with van der Waals surface area (Å²) in [4.78, 5) is 12.7. The van der Waals surface area contributed by atoms with Crippen LogP contribution in [0.4, 0.5) is 0 Å². The van der Waals surface area contributed by atoms with E-state index in [1.807, 2.05) is 44.2 Å². The standard InChI is InChI=1S/C26H31ClO2.C3H8O/c1-16-15-23(17(2)14-22(16)20-9-11-21(27)12-10-20)24(19(4)28)25(29)26(5)13-7-6-8-18(26)3;1-3(2)4/h9-12,14-15,18,29H,6-8,13H2,1-5H3;3-4H,1-2H3/b25-24-;. The lowest BCUT2D eigenvalue weighted by Crippen LogP contribution is -2.32. The van der Waals surface area contributed by atoms with Gasteiger partial charge in [-0.2, -0.15) is 0 Å². The highest BCUT2D eigenvalue weighted by Gasteiger charge is 2.40. The molecule has 1 fully saturated rings. The molecule has 3 rings (SSSR count). The SMILES string of the molecule is CC(=O)/C(=C(/O)C1(C)CCCCC1C)c1cc(C)c(-c2ccc(Cl)cc2)cc1C.CC(C)O. The number of hydrogen-bond acceptors (Lipinski definition) is 3. The highest BCUT2D eigenvalue weighted by molar-refractivity contribution is 6.30. The largest absolute Gasteiger partial charge is 0.511 e. The number of Topliss-reactive ketones (excluding diaryl/α,β-unsaturated/α-hetero) is 1. The fourth-order valence-electron chi connectivity index (χ4n) is 4.65. The average molecular weight is 471 g/mol. The van der Waals surface area contributed by atoms with Gasteiger partial charge in [-0.05, 0) is 93.3 Å². The molecule has 0 aliphatic heterocycles. The number of halogens is 1. The van der Waals surface area contributed by atoms with Gasteiger partial charge >= 0.3 is 0 Å². The second-order valence-electron chi connectivity index (χ2n) is 9.93. The van der Waals surface area contributed by atoms with E-state index < -0.39 is 0 Å². The van der Waals surface area contributed by atoms with Crippen molar-refractivity contribution in [1.82, 2.24) is 0 Å². The van der Waals surface area contributed by atoms with Crippen LogP contribution < -0.4 is 0 Å². The van der Waals surface area contributed by atoms with E-state index in [1.54, 1.807) is 20.8 Å². The summed E-state index contributed by atoms with van der Waals surface area (Å²) >= 11 is 6.03. The maximum Gasteiger partial charge on any atom is 0.163 e. The highest BCUT2D eigenvalue weighted by atomic mass is 35.5. The van der Waals surface area contributed by atoms with Gasteiger partial charge in [-0.15, -0.1) is 0 Å². The summed E-state index contributed by atoms with van der Waals surface area (Å²) in [7, 11) is 0. The Kier molecular flexibility index (Phi) is 9.34. The van der Waals surface area contributed by atoms with Gasteiger partial charge in [0.1, 0.15) is 5.76 Å². The first kappa shape index (κ1) is 27.1. The van der Waals surface area contributed by atoms with Crippen LogP contribution in [0.15, 0.2) is 42.2 Å². The molecule has 0 aromatic heterocycles. The zero-order chi connectivity index (χ0) is 24.9. The molecule has 180 valence electrons. The first-order valence-corrected chi connectivity index (χ1v) is 12.3. The van der Waals surface area contributed by atoms with Crippen LogP contribution in [0.1, 0.15) is 77.0 Å². The Morgan fingerprint density at radius 3 is 2.18 bits per heavy atom. The zero-order valence-corrected chi connectivity index (χ0v) is 21.9. The van der Waals surface area contributed by atoms with Crippen LogP contribution >= 0.6 is 11.6 Å². The molecule has 33 heavy (non-hydrogen) atoms.